The molecule has 0 atom stereocenters. The lowest BCUT2D eigenvalue weighted by molar-refractivity contribution is -0.380. The van der Waals surface area contributed by atoms with Gasteiger partial charge in [0.05, 0.1) is 4.92 Å². The first kappa shape index (κ1) is 13.3. The van der Waals surface area contributed by atoms with Gasteiger partial charge in [-0.2, -0.15) is 0 Å². The number of nitrogens with zero attached hydrogens (tertiary/aromatic N) is 3. The fourth-order valence-electron chi connectivity index (χ4n) is 1.18. The molecular formula is C10H8N4O3S2. The normalized spacial score (nSPS) is 10.8. The minimum Gasteiger partial charge on any atom is -0.297 e. The Balaban J connectivity index is 1.97. The van der Waals surface area contributed by atoms with Crippen LogP contribution < -0.4 is 5.32 Å². The molecule has 0 aliphatic heterocycles. The average molecular weight is 296 g/mol. The standard InChI is InChI=1S/C10H8N4O3S2/c1-6-12-13-10(18-6)11-8(15)4-2-7-3-5-9(19-7)14(16)17/h2-5H,1H3,(H,11,13,15)/b4-2+. The van der Waals surface area contributed by atoms with Crippen LogP contribution in [0.5, 0.6) is 0 Å². The Morgan fingerprint density at radius 2 is 2.21 bits per heavy atom. The van der Waals surface area contributed by atoms with Gasteiger partial charge in [0.2, 0.25) is 11.0 Å². The second-order valence-corrected chi connectivity index (χ2v) is 5.66. The molecule has 0 bridgehead atoms. The predicted molar refractivity (Wildman–Crippen MR) is 73.3 cm³/mol. The Morgan fingerprint density at radius 3 is 2.79 bits per heavy atom. The summed E-state index contributed by atoms with van der Waals surface area (Å²) in [5.74, 6) is -0.354. The number of rotatable bonds is 4. The van der Waals surface area contributed by atoms with Gasteiger partial charge in [0, 0.05) is 17.0 Å². The zero-order valence-electron chi connectivity index (χ0n) is 9.69. The molecule has 0 aromatic carbocycles. The van der Waals surface area contributed by atoms with E-state index in [0.29, 0.717) is 10.0 Å². The monoisotopic (exact) mass is 296 g/mol. The van der Waals surface area contributed by atoms with Crippen LogP contribution in [-0.4, -0.2) is 21.0 Å². The molecule has 0 aliphatic carbocycles. The molecule has 0 saturated carbocycles. The Hall–Kier alpha value is -2.13. The van der Waals surface area contributed by atoms with Gasteiger partial charge >= 0.3 is 5.00 Å². The number of thiophene rings is 1. The Bertz CT molecular complexity index is 647. The molecule has 98 valence electrons. The third-order valence-corrected chi connectivity index (χ3v) is 3.70. The highest BCUT2D eigenvalue weighted by Crippen LogP contribution is 2.24. The molecule has 2 aromatic heterocycles. The Kier molecular flexibility index (Phi) is 3.97. The molecule has 0 spiro atoms. The van der Waals surface area contributed by atoms with Crippen LogP contribution >= 0.6 is 22.7 Å². The highest BCUT2D eigenvalue weighted by Gasteiger charge is 2.08. The molecule has 1 N–H and O–H groups in total. The second-order valence-electron chi connectivity index (χ2n) is 3.38. The molecule has 0 unspecified atom stereocenters. The van der Waals surface area contributed by atoms with Crippen molar-refractivity contribution in [3.8, 4) is 0 Å². The van der Waals surface area contributed by atoms with Gasteiger partial charge < -0.3 is 0 Å². The van der Waals surface area contributed by atoms with Gasteiger partial charge in [0.25, 0.3) is 0 Å². The number of nitro groups is 1. The predicted octanol–water partition coefficient (Wildman–Crippen LogP) is 2.47. The first-order valence-electron chi connectivity index (χ1n) is 5.08. The number of aromatic nitrogens is 2. The number of carbonyl (C=O) groups is 1. The smallest absolute Gasteiger partial charge is 0.297 e. The van der Waals surface area contributed by atoms with Crippen LogP contribution in [0.1, 0.15) is 9.88 Å². The summed E-state index contributed by atoms with van der Waals surface area (Å²) in [6, 6.07) is 2.98. The fraction of sp³-hybridized carbons (Fsp3) is 0.100. The zero-order chi connectivity index (χ0) is 13.8. The second kappa shape index (κ2) is 5.67. The van der Waals surface area contributed by atoms with E-state index in [0.717, 1.165) is 16.3 Å². The SMILES string of the molecule is Cc1nnc(NC(=O)/C=C/c2ccc([N+](=O)[O-])s2)s1. The Morgan fingerprint density at radius 1 is 1.42 bits per heavy atom. The lowest BCUT2D eigenvalue weighted by atomic mass is 10.4. The summed E-state index contributed by atoms with van der Waals surface area (Å²) in [5, 5.41) is 21.8. The average Bonchev–Trinajstić information content (AvgIpc) is 2.96. The topological polar surface area (TPSA) is 98.0 Å². The largest absolute Gasteiger partial charge is 0.324 e. The molecule has 2 aromatic rings. The number of amides is 1. The lowest BCUT2D eigenvalue weighted by Gasteiger charge is -1.93. The van der Waals surface area contributed by atoms with Crippen LogP contribution in [0.4, 0.5) is 10.1 Å². The molecule has 2 heterocycles. The van der Waals surface area contributed by atoms with Gasteiger partial charge in [0.15, 0.2) is 0 Å². The molecule has 0 aliphatic rings. The molecule has 0 saturated heterocycles. The van der Waals surface area contributed by atoms with Gasteiger partial charge in [-0.25, -0.2) is 0 Å². The number of carbonyl (C=O) groups excluding carboxylic acids is 1. The van der Waals surface area contributed by atoms with Crippen LogP contribution in [0.25, 0.3) is 6.08 Å². The summed E-state index contributed by atoms with van der Waals surface area (Å²) >= 11 is 2.27. The van der Waals surface area contributed by atoms with Crippen LogP contribution in [0.15, 0.2) is 18.2 Å². The molecule has 0 fully saturated rings. The number of hydrogen-bond donors (Lipinski definition) is 1. The zero-order valence-corrected chi connectivity index (χ0v) is 11.3. The molecule has 9 heteroatoms. The maximum atomic E-state index is 11.5. The van der Waals surface area contributed by atoms with Crippen molar-refractivity contribution in [1.29, 1.82) is 0 Å². The lowest BCUT2D eigenvalue weighted by Crippen LogP contribution is -2.07. The summed E-state index contributed by atoms with van der Waals surface area (Å²) in [6.45, 7) is 1.79. The van der Waals surface area contributed by atoms with Crippen molar-refractivity contribution in [2.75, 3.05) is 5.32 Å². The summed E-state index contributed by atoms with van der Waals surface area (Å²) in [7, 11) is 0. The quantitative estimate of drug-likeness (QED) is 0.531. The van der Waals surface area contributed by atoms with Crippen LogP contribution in [0.3, 0.4) is 0 Å². The van der Waals surface area contributed by atoms with E-state index >= 15 is 0 Å². The van der Waals surface area contributed by atoms with E-state index in [1.54, 1.807) is 13.0 Å². The van der Waals surface area contributed by atoms with E-state index in [-0.39, 0.29) is 10.9 Å². The number of hydrogen-bond acceptors (Lipinski definition) is 7. The van der Waals surface area contributed by atoms with Gasteiger partial charge in [-0.1, -0.05) is 22.7 Å². The minimum atomic E-state index is -0.466. The summed E-state index contributed by atoms with van der Waals surface area (Å²) in [5.41, 5.74) is 0. The van der Waals surface area contributed by atoms with E-state index in [9.17, 15) is 14.9 Å². The van der Waals surface area contributed by atoms with Crippen LogP contribution in [-0.2, 0) is 4.79 Å². The highest BCUT2D eigenvalue weighted by molar-refractivity contribution is 7.16. The highest BCUT2D eigenvalue weighted by atomic mass is 32.1. The van der Waals surface area contributed by atoms with E-state index in [1.807, 2.05) is 0 Å². The molecule has 1 amide bonds. The van der Waals surface area contributed by atoms with Crippen molar-refractivity contribution >= 4 is 44.8 Å². The van der Waals surface area contributed by atoms with Crippen LogP contribution in [0, 0.1) is 17.0 Å². The molecule has 2 rings (SSSR count). The number of anilines is 1. The first-order valence-corrected chi connectivity index (χ1v) is 6.71. The third kappa shape index (κ3) is 3.66. The number of nitrogens with one attached hydrogen (secondary N) is 1. The van der Waals surface area contributed by atoms with Crippen molar-refractivity contribution in [2.24, 2.45) is 0 Å². The van der Waals surface area contributed by atoms with Gasteiger partial charge in [0.1, 0.15) is 5.01 Å². The maximum absolute atomic E-state index is 11.5. The van der Waals surface area contributed by atoms with Gasteiger partial charge in [-0.05, 0) is 19.1 Å². The van der Waals surface area contributed by atoms with Crippen molar-refractivity contribution < 1.29 is 9.72 Å². The maximum Gasteiger partial charge on any atom is 0.324 e. The summed E-state index contributed by atoms with van der Waals surface area (Å²) in [4.78, 5) is 22.2. The molecular weight excluding hydrogens is 288 g/mol. The molecule has 0 radical (unpaired) electrons. The van der Waals surface area contributed by atoms with E-state index in [2.05, 4.69) is 15.5 Å². The first-order chi connectivity index (χ1) is 9.04. The molecule has 19 heavy (non-hydrogen) atoms. The van der Waals surface area contributed by atoms with E-state index in [1.165, 1.54) is 29.6 Å². The summed E-state index contributed by atoms with van der Waals surface area (Å²) < 4.78 is 0. The third-order valence-electron chi connectivity index (χ3n) is 1.95. The van der Waals surface area contributed by atoms with E-state index in [4.69, 9.17) is 0 Å². The summed E-state index contributed by atoms with van der Waals surface area (Å²) in [6.07, 6.45) is 2.81. The number of aryl methyl sites for hydroxylation is 1. The van der Waals surface area contributed by atoms with Crippen LogP contribution in [0.2, 0.25) is 0 Å². The van der Waals surface area contributed by atoms with Crippen molar-refractivity contribution in [1.82, 2.24) is 10.2 Å². The van der Waals surface area contributed by atoms with Gasteiger partial charge in [-0.3, -0.25) is 20.2 Å². The van der Waals surface area contributed by atoms with Crippen molar-refractivity contribution in [3.63, 3.8) is 0 Å². The molecule has 7 nitrogen and oxygen atoms in total. The fourth-order valence-corrected chi connectivity index (χ4v) is 2.50. The minimum absolute atomic E-state index is 0.0415. The Labute approximate surface area is 115 Å². The van der Waals surface area contributed by atoms with Crippen molar-refractivity contribution in [3.05, 3.63) is 38.2 Å². The van der Waals surface area contributed by atoms with Gasteiger partial charge in [-0.15, -0.1) is 10.2 Å². The van der Waals surface area contributed by atoms with E-state index < -0.39 is 4.92 Å². The van der Waals surface area contributed by atoms with Crippen molar-refractivity contribution in [2.45, 2.75) is 6.92 Å².